The number of fused-ring (bicyclic) bond motifs is 3. The number of anilines is 1. The van der Waals surface area contributed by atoms with Crippen LogP contribution in [-0.2, 0) is 32.1 Å². The first-order chi connectivity index (χ1) is 20.2. The zero-order valence-corrected chi connectivity index (χ0v) is 25.8. The third-order valence-electron chi connectivity index (χ3n) is 10.4. The lowest BCUT2D eigenvalue weighted by Gasteiger charge is -2.52. The number of Topliss-reactive ketones (excluding diaryl/α,β-unsaturated/α-hetero) is 4. The van der Waals surface area contributed by atoms with Crippen LogP contribution in [0.15, 0.2) is 6.07 Å². The summed E-state index contributed by atoms with van der Waals surface area (Å²) in [7, 11) is 6.92. The molecule has 4 aliphatic rings. The Hall–Kier alpha value is -3.15. The van der Waals surface area contributed by atoms with Crippen LogP contribution in [0.2, 0.25) is 0 Å². The number of nitrogens with zero attached hydrogens (tertiary/aromatic N) is 3. The Balaban J connectivity index is 1.57. The Morgan fingerprint density at radius 2 is 1.72 bits per heavy atom. The molecule has 0 bridgehead atoms. The summed E-state index contributed by atoms with van der Waals surface area (Å²) in [6.45, 7) is 4.49. The monoisotopic (exact) mass is 596 g/mol. The summed E-state index contributed by atoms with van der Waals surface area (Å²) < 4.78 is 0. The van der Waals surface area contributed by atoms with Gasteiger partial charge < -0.3 is 20.8 Å². The Labute approximate surface area is 252 Å². The molecule has 0 heterocycles. The first kappa shape index (κ1) is 31.3. The number of carbonyl (C=O) groups is 5. The van der Waals surface area contributed by atoms with Gasteiger partial charge in [-0.3, -0.25) is 33.8 Å². The molecule has 1 aromatic carbocycles. The van der Waals surface area contributed by atoms with E-state index in [0.717, 1.165) is 24.3 Å². The number of nitrogens with two attached hydrogens (primary N) is 1. The van der Waals surface area contributed by atoms with Gasteiger partial charge in [0.2, 0.25) is 5.91 Å². The van der Waals surface area contributed by atoms with Crippen molar-refractivity contribution in [3.05, 3.63) is 22.8 Å². The molecule has 11 heteroatoms. The number of hydrogen-bond acceptors (Lipinski definition) is 10. The highest BCUT2D eigenvalue weighted by molar-refractivity contribution is 6.32. The van der Waals surface area contributed by atoms with E-state index in [2.05, 4.69) is 11.8 Å². The molecule has 4 aliphatic carbocycles. The van der Waals surface area contributed by atoms with Crippen molar-refractivity contribution in [3.63, 3.8) is 0 Å². The highest BCUT2D eigenvalue weighted by Crippen LogP contribution is 2.52. The zero-order chi connectivity index (χ0) is 31.5. The molecule has 3 fully saturated rings. The summed E-state index contributed by atoms with van der Waals surface area (Å²) in [4.78, 5) is 72.9. The third-order valence-corrected chi connectivity index (χ3v) is 10.4. The van der Waals surface area contributed by atoms with Crippen LogP contribution in [0.5, 0.6) is 5.75 Å². The second-order valence-corrected chi connectivity index (χ2v) is 13.4. The van der Waals surface area contributed by atoms with Gasteiger partial charge in [0.1, 0.15) is 5.75 Å². The predicted octanol–water partition coefficient (Wildman–Crippen LogP) is 0.945. The third kappa shape index (κ3) is 4.89. The quantitative estimate of drug-likeness (QED) is 0.369. The van der Waals surface area contributed by atoms with Crippen molar-refractivity contribution < 1.29 is 34.2 Å². The number of primary amides is 1. The fourth-order valence-corrected chi connectivity index (χ4v) is 8.51. The van der Waals surface area contributed by atoms with Crippen molar-refractivity contribution in [2.24, 2.45) is 35.3 Å². The maximum absolute atomic E-state index is 14.1. The topological polar surface area (TPSA) is 162 Å². The number of phenols is 1. The van der Waals surface area contributed by atoms with Crippen LogP contribution < -0.4 is 10.6 Å². The van der Waals surface area contributed by atoms with Crippen LogP contribution in [0, 0.1) is 29.6 Å². The van der Waals surface area contributed by atoms with E-state index in [0.29, 0.717) is 18.0 Å². The van der Waals surface area contributed by atoms with Crippen LogP contribution in [0.25, 0.3) is 0 Å². The molecule has 0 aliphatic heterocycles. The number of likely N-dealkylation sites (N-methyl/N-ethyl adjacent to an activating group) is 1. The first-order valence-corrected chi connectivity index (χ1v) is 15.4. The lowest BCUT2D eigenvalue weighted by atomic mass is 9.52. The molecule has 0 spiro atoms. The smallest absolute Gasteiger partial charge is 0.235 e. The van der Waals surface area contributed by atoms with Crippen molar-refractivity contribution in [2.45, 2.75) is 63.6 Å². The van der Waals surface area contributed by atoms with Crippen molar-refractivity contribution in [3.8, 4) is 5.75 Å². The molecule has 0 radical (unpaired) electrons. The summed E-state index contributed by atoms with van der Waals surface area (Å²) in [6.07, 6.45) is 5.20. The highest BCUT2D eigenvalue weighted by Gasteiger charge is 2.69. The fourth-order valence-electron chi connectivity index (χ4n) is 8.51. The first-order valence-electron chi connectivity index (χ1n) is 15.4. The predicted molar refractivity (Wildman–Crippen MR) is 159 cm³/mol. The molecule has 1 aromatic rings. The number of amides is 1. The standard InChI is InChI=1S/C32H44N4O7/c1-6-36(14-16-9-7-8-10-16)15-18-13-21(37)23-19(25(18)34(2)3)11-17-12-20-26(35(4)5)28(39)24(31(33)42)30(41)32(20,43)29(40)22(17)27(23)38/h13,16-17,20,22,24,26,37,43H,6-12,14-15H2,1-5H3,(H2,33,42)/t17-,20-,22?,24?,26-,32-/m0/s1. The van der Waals surface area contributed by atoms with E-state index in [9.17, 15) is 34.2 Å². The second-order valence-electron chi connectivity index (χ2n) is 13.4. The van der Waals surface area contributed by atoms with E-state index < -0.39 is 64.4 Å². The summed E-state index contributed by atoms with van der Waals surface area (Å²) in [5.74, 6) is -9.66. The van der Waals surface area contributed by atoms with Gasteiger partial charge in [-0.15, -0.1) is 0 Å². The van der Waals surface area contributed by atoms with Crippen molar-refractivity contribution in [1.29, 1.82) is 0 Å². The minimum Gasteiger partial charge on any atom is -0.507 e. The Kier molecular flexibility index (Phi) is 8.30. The largest absolute Gasteiger partial charge is 0.507 e. The van der Waals surface area contributed by atoms with Gasteiger partial charge in [-0.2, -0.15) is 0 Å². The molecule has 2 unspecified atom stereocenters. The number of aromatic hydroxyl groups is 1. The molecule has 234 valence electrons. The molecular formula is C32H44N4O7. The molecule has 11 nitrogen and oxygen atoms in total. The molecule has 5 rings (SSSR count). The second kappa shape index (κ2) is 11.4. The van der Waals surface area contributed by atoms with Gasteiger partial charge in [-0.25, -0.2) is 0 Å². The minimum atomic E-state index is -2.72. The molecular weight excluding hydrogens is 552 g/mol. The van der Waals surface area contributed by atoms with Crippen LogP contribution in [0.1, 0.15) is 60.5 Å². The summed E-state index contributed by atoms with van der Waals surface area (Å²) in [6, 6.07) is 0.479. The maximum atomic E-state index is 14.1. The number of hydrogen-bond donors (Lipinski definition) is 3. The van der Waals surface area contributed by atoms with Gasteiger partial charge in [-0.05, 0) is 75.4 Å². The number of rotatable bonds is 8. The Bertz CT molecular complexity index is 1370. The van der Waals surface area contributed by atoms with E-state index in [4.69, 9.17) is 5.73 Å². The SMILES string of the molecule is CCN(Cc1cc(O)c2c(c1N(C)C)C[C@H]1C[C@H]3[C@H](N(C)C)C(=O)C(C(N)=O)C(=O)[C@@]3(O)C(=O)C1C2=O)CC1CCCC1. The number of aliphatic hydroxyl groups is 1. The molecule has 6 atom stereocenters. The summed E-state index contributed by atoms with van der Waals surface area (Å²) in [5, 5.41) is 23.0. The molecule has 1 amide bonds. The highest BCUT2D eigenvalue weighted by atomic mass is 16.3. The van der Waals surface area contributed by atoms with Crippen molar-refractivity contribution in [1.82, 2.24) is 9.80 Å². The number of carbonyl (C=O) groups excluding carboxylic acids is 5. The van der Waals surface area contributed by atoms with Crippen molar-refractivity contribution in [2.75, 3.05) is 46.2 Å². The average Bonchev–Trinajstić information content (AvgIpc) is 3.42. The molecule has 43 heavy (non-hydrogen) atoms. The van der Waals surface area contributed by atoms with E-state index in [1.807, 2.05) is 19.0 Å². The molecule has 0 saturated heterocycles. The van der Waals surface area contributed by atoms with E-state index in [1.54, 1.807) is 20.2 Å². The van der Waals surface area contributed by atoms with Crippen molar-refractivity contribution >= 4 is 34.7 Å². The molecule has 4 N–H and O–H groups in total. The van der Waals surface area contributed by atoms with Gasteiger partial charge >= 0.3 is 0 Å². The van der Waals surface area contributed by atoms with Gasteiger partial charge in [0, 0.05) is 38.8 Å². The van der Waals surface area contributed by atoms with Crippen LogP contribution >= 0.6 is 0 Å². The zero-order valence-electron chi connectivity index (χ0n) is 25.8. The fraction of sp³-hybridized carbons (Fsp3) is 0.656. The van der Waals surface area contributed by atoms with Gasteiger partial charge in [-0.1, -0.05) is 19.8 Å². The van der Waals surface area contributed by atoms with Crippen LogP contribution in [0.4, 0.5) is 5.69 Å². The van der Waals surface area contributed by atoms with E-state index >= 15 is 0 Å². The van der Waals surface area contributed by atoms with Crippen LogP contribution in [-0.4, -0.2) is 102 Å². The Morgan fingerprint density at radius 3 is 2.28 bits per heavy atom. The number of phenolic OH excluding ortho intramolecular Hbond substituents is 1. The lowest BCUT2D eigenvalue weighted by Crippen LogP contribution is -2.74. The normalized spacial score (nSPS) is 30.9. The molecule has 3 saturated carbocycles. The number of ketones is 4. The van der Waals surface area contributed by atoms with Gasteiger partial charge in [0.05, 0.1) is 17.5 Å². The van der Waals surface area contributed by atoms with Gasteiger partial charge in [0.25, 0.3) is 0 Å². The van der Waals surface area contributed by atoms with Crippen LogP contribution in [0.3, 0.4) is 0 Å². The Morgan fingerprint density at radius 1 is 1.07 bits per heavy atom. The maximum Gasteiger partial charge on any atom is 0.235 e. The average molecular weight is 597 g/mol. The van der Waals surface area contributed by atoms with E-state index in [-0.39, 0.29) is 24.2 Å². The number of benzene rings is 1. The summed E-state index contributed by atoms with van der Waals surface area (Å²) >= 11 is 0. The molecule has 0 aromatic heterocycles. The van der Waals surface area contributed by atoms with E-state index in [1.165, 1.54) is 30.6 Å². The summed E-state index contributed by atoms with van der Waals surface area (Å²) in [5.41, 5.74) is 5.02. The lowest BCUT2D eigenvalue weighted by molar-refractivity contribution is -0.181. The minimum absolute atomic E-state index is 0.0258. The van der Waals surface area contributed by atoms with Gasteiger partial charge in [0.15, 0.2) is 34.7 Å².